The predicted octanol–water partition coefficient (Wildman–Crippen LogP) is 2.11. The van der Waals surface area contributed by atoms with E-state index in [2.05, 4.69) is 39.5 Å². The van der Waals surface area contributed by atoms with Crippen molar-refractivity contribution in [2.24, 2.45) is 0 Å². The molecular formula is C14H25N5. The van der Waals surface area contributed by atoms with Crippen molar-refractivity contribution < 1.29 is 0 Å². The number of rotatable bonds is 5. The second-order valence-corrected chi connectivity index (χ2v) is 5.36. The van der Waals surface area contributed by atoms with Gasteiger partial charge in [-0.25, -0.2) is 9.97 Å². The average Bonchev–Trinajstić information content (AvgIpc) is 2.35. The van der Waals surface area contributed by atoms with Crippen LogP contribution < -0.4 is 10.6 Å². The third kappa shape index (κ3) is 4.35. The third-order valence-corrected chi connectivity index (χ3v) is 3.37. The van der Waals surface area contributed by atoms with Gasteiger partial charge in [0.2, 0.25) is 0 Å². The van der Waals surface area contributed by atoms with E-state index in [-0.39, 0.29) is 0 Å². The Morgan fingerprint density at radius 2 is 2.16 bits per heavy atom. The molecule has 0 spiro atoms. The normalized spacial score (nSPS) is 20.3. The second-order valence-electron chi connectivity index (χ2n) is 5.36. The zero-order valence-corrected chi connectivity index (χ0v) is 12.2. The Bertz CT molecular complexity index is 407. The van der Waals surface area contributed by atoms with Gasteiger partial charge in [0.05, 0.1) is 0 Å². The second kappa shape index (κ2) is 6.70. The number of nitrogens with one attached hydrogen (secondary N) is 2. The van der Waals surface area contributed by atoms with Crippen molar-refractivity contribution in [1.82, 2.24) is 14.9 Å². The summed E-state index contributed by atoms with van der Waals surface area (Å²) >= 11 is 0. The Balaban J connectivity index is 2.00. The van der Waals surface area contributed by atoms with Gasteiger partial charge in [0, 0.05) is 25.2 Å². The molecule has 0 aromatic carbocycles. The largest absolute Gasteiger partial charge is 0.370 e. The van der Waals surface area contributed by atoms with E-state index >= 15 is 0 Å². The molecular weight excluding hydrogens is 238 g/mol. The molecule has 1 atom stereocenters. The summed E-state index contributed by atoms with van der Waals surface area (Å²) in [4.78, 5) is 11.3. The fourth-order valence-corrected chi connectivity index (χ4v) is 2.48. The molecule has 1 aliphatic heterocycles. The van der Waals surface area contributed by atoms with Crippen LogP contribution >= 0.6 is 0 Å². The molecule has 1 aliphatic rings. The summed E-state index contributed by atoms with van der Waals surface area (Å²) in [7, 11) is 2.17. The Labute approximate surface area is 115 Å². The van der Waals surface area contributed by atoms with Crippen molar-refractivity contribution in [3.8, 4) is 0 Å². The molecule has 0 saturated carbocycles. The molecule has 1 aromatic heterocycles. The van der Waals surface area contributed by atoms with Gasteiger partial charge >= 0.3 is 0 Å². The molecule has 0 bridgehead atoms. The van der Waals surface area contributed by atoms with Gasteiger partial charge < -0.3 is 15.5 Å². The van der Waals surface area contributed by atoms with E-state index < -0.39 is 0 Å². The maximum absolute atomic E-state index is 4.48. The van der Waals surface area contributed by atoms with Crippen molar-refractivity contribution >= 4 is 11.6 Å². The molecule has 0 aliphatic carbocycles. The van der Waals surface area contributed by atoms with Gasteiger partial charge in [-0.1, -0.05) is 6.92 Å². The van der Waals surface area contributed by atoms with Crippen molar-refractivity contribution in [3.63, 3.8) is 0 Å². The fourth-order valence-electron chi connectivity index (χ4n) is 2.48. The SMILES string of the molecule is CCCNc1cc(NC2CCCN(C)C2)nc(C)n1. The number of likely N-dealkylation sites (tertiary alicyclic amines) is 1. The summed E-state index contributed by atoms with van der Waals surface area (Å²) in [5.41, 5.74) is 0. The minimum atomic E-state index is 0.493. The molecule has 1 fully saturated rings. The lowest BCUT2D eigenvalue weighted by Gasteiger charge is -2.30. The van der Waals surface area contributed by atoms with Crippen LogP contribution in [0.4, 0.5) is 11.6 Å². The van der Waals surface area contributed by atoms with Crippen molar-refractivity contribution in [1.29, 1.82) is 0 Å². The standard InChI is InChI=1S/C14H25N5/c1-4-7-15-13-9-14(17-11(2)16-13)18-12-6-5-8-19(3)10-12/h9,12H,4-8,10H2,1-3H3,(H2,15,16,17,18). The van der Waals surface area contributed by atoms with Crippen molar-refractivity contribution in [2.75, 3.05) is 37.3 Å². The Hall–Kier alpha value is -1.36. The summed E-state index contributed by atoms with van der Waals surface area (Å²) in [6.07, 6.45) is 3.56. The number of piperidine rings is 1. The van der Waals surface area contributed by atoms with Crippen LogP contribution in [0.3, 0.4) is 0 Å². The highest BCUT2D eigenvalue weighted by atomic mass is 15.2. The van der Waals surface area contributed by atoms with Crippen molar-refractivity contribution in [2.45, 2.75) is 39.2 Å². The van der Waals surface area contributed by atoms with Crippen LogP contribution in [0.5, 0.6) is 0 Å². The van der Waals surface area contributed by atoms with E-state index in [4.69, 9.17) is 0 Å². The Morgan fingerprint density at radius 3 is 2.89 bits per heavy atom. The van der Waals surface area contributed by atoms with Crippen LogP contribution in [0.2, 0.25) is 0 Å². The smallest absolute Gasteiger partial charge is 0.132 e. The van der Waals surface area contributed by atoms with E-state index in [1.165, 1.54) is 19.4 Å². The summed E-state index contributed by atoms with van der Waals surface area (Å²) in [6.45, 7) is 7.32. The first-order chi connectivity index (χ1) is 9.17. The van der Waals surface area contributed by atoms with Crippen LogP contribution in [-0.4, -0.2) is 47.6 Å². The zero-order chi connectivity index (χ0) is 13.7. The average molecular weight is 263 g/mol. The predicted molar refractivity (Wildman–Crippen MR) is 79.7 cm³/mol. The van der Waals surface area contributed by atoms with Gasteiger partial charge in [0.15, 0.2) is 0 Å². The number of nitrogens with zero attached hydrogens (tertiary/aromatic N) is 3. The Morgan fingerprint density at radius 1 is 1.37 bits per heavy atom. The highest BCUT2D eigenvalue weighted by Crippen LogP contribution is 2.16. The zero-order valence-electron chi connectivity index (χ0n) is 12.2. The van der Waals surface area contributed by atoms with E-state index in [1.54, 1.807) is 0 Å². The van der Waals surface area contributed by atoms with Crippen LogP contribution in [0, 0.1) is 6.92 Å². The number of hydrogen-bond acceptors (Lipinski definition) is 5. The minimum absolute atomic E-state index is 0.493. The van der Waals surface area contributed by atoms with Gasteiger partial charge in [0.25, 0.3) is 0 Å². The number of likely N-dealkylation sites (N-methyl/N-ethyl adjacent to an activating group) is 1. The fraction of sp³-hybridized carbons (Fsp3) is 0.714. The van der Waals surface area contributed by atoms with Gasteiger partial charge in [-0.2, -0.15) is 0 Å². The number of hydrogen-bond donors (Lipinski definition) is 2. The molecule has 2 N–H and O–H groups in total. The molecule has 2 rings (SSSR count). The first-order valence-corrected chi connectivity index (χ1v) is 7.22. The molecule has 0 radical (unpaired) electrons. The maximum atomic E-state index is 4.48. The van der Waals surface area contributed by atoms with Gasteiger partial charge in [-0.05, 0) is 39.8 Å². The first-order valence-electron chi connectivity index (χ1n) is 7.22. The quantitative estimate of drug-likeness (QED) is 0.852. The highest BCUT2D eigenvalue weighted by molar-refractivity contribution is 5.48. The van der Waals surface area contributed by atoms with E-state index in [1.807, 2.05) is 13.0 Å². The summed E-state index contributed by atoms with van der Waals surface area (Å²) in [6, 6.07) is 2.50. The van der Waals surface area contributed by atoms with Crippen LogP contribution in [0.25, 0.3) is 0 Å². The molecule has 1 aromatic rings. The van der Waals surface area contributed by atoms with Gasteiger partial charge in [-0.3, -0.25) is 0 Å². The van der Waals surface area contributed by atoms with Crippen LogP contribution in [0.15, 0.2) is 6.07 Å². The molecule has 1 saturated heterocycles. The lowest BCUT2D eigenvalue weighted by Crippen LogP contribution is -2.39. The summed E-state index contributed by atoms with van der Waals surface area (Å²) < 4.78 is 0. The molecule has 1 unspecified atom stereocenters. The number of aryl methyl sites for hydroxylation is 1. The third-order valence-electron chi connectivity index (χ3n) is 3.37. The van der Waals surface area contributed by atoms with Gasteiger partial charge in [0.1, 0.15) is 17.5 Å². The minimum Gasteiger partial charge on any atom is -0.370 e. The molecule has 5 heteroatoms. The maximum Gasteiger partial charge on any atom is 0.132 e. The summed E-state index contributed by atoms with van der Waals surface area (Å²) in [5, 5.41) is 6.86. The van der Waals surface area contributed by atoms with E-state index in [0.29, 0.717) is 6.04 Å². The monoisotopic (exact) mass is 263 g/mol. The molecule has 5 nitrogen and oxygen atoms in total. The van der Waals surface area contributed by atoms with E-state index in [9.17, 15) is 0 Å². The Kier molecular flexibility index (Phi) is 4.96. The highest BCUT2D eigenvalue weighted by Gasteiger charge is 2.17. The molecule has 106 valence electrons. The van der Waals surface area contributed by atoms with E-state index in [0.717, 1.165) is 37.0 Å². The first kappa shape index (κ1) is 14.1. The van der Waals surface area contributed by atoms with Gasteiger partial charge in [-0.15, -0.1) is 0 Å². The lowest BCUT2D eigenvalue weighted by molar-refractivity contribution is 0.260. The lowest BCUT2D eigenvalue weighted by atomic mass is 10.1. The molecule has 2 heterocycles. The van der Waals surface area contributed by atoms with Crippen LogP contribution in [-0.2, 0) is 0 Å². The van der Waals surface area contributed by atoms with Crippen LogP contribution in [0.1, 0.15) is 32.0 Å². The number of anilines is 2. The van der Waals surface area contributed by atoms with Crippen molar-refractivity contribution in [3.05, 3.63) is 11.9 Å². The molecule has 19 heavy (non-hydrogen) atoms. The topological polar surface area (TPSA) is 53.1 Å². The number of aromatic nitrogens is 2. The summed E-state index contributed by atoms with van der Waals surface area (Å²) in [5.74, 6) is 2.67. The molecule has 0 amide bonds.